The van der Waals surface area contributed by atoms with E-state index in [4.69, 9.17) is 4.74 Å². The lowest BCUT2D eigenvalue weighted by atomic mass is 9.98. The first-order valence-corrected chi connectivity index (χ1v) is 11.2. The van der Waals surface area contributed by atoms with E-state index in [0.717, 1.165) is 11.0 Å². The van der Waals surface area contributed by atoms with E-state index in [0.29, 0.717) is 5.56 Å². The van der Waals surface area contributed by atoms with Crippen molar-refractivity contribution < 1.29 is 23.4 Å². The second kappa shape index (κ2) is 7.64. The topological polar surface area (TPSA) is 73.6 Å². The molecule has 1 saturated heterocycles. The van der Waals surface area contributed by atoms with E-state index >= 15 is 0 Å². The summed E-state index contributed by atoms with van der Waals surface area (Å²) in [5, 5.41) is 21.7. The minimum absolute atomic E-state index is 0.0991. The van der Waals surface area contributed by atoms with Gasteiger partial charge in [-0.1, -0.05) is 6.92 Å². The van der Waals surface area contributed by atoms with Crippen molar-refractivity contribution in [1.82, 2.24) is 4.90 Å². The Kier molecular flexibility index (Phi) is 6.07. The van der Waals surface area contributed by atoms with Crippen molar-refractivity contribution in [2.45, 2.75) is 50.2 Å². The van der Waals surface area contributed by atoms with E-state index in [1.54, 1.807) is 13.8 Å². The summed E-state index contributed by atoms with van der Waals surface area (Å²) in [5.41, 5.74) is -0.515. The van der Waals surface area contributed by atoms with Crippen molar-refractivity contribution in [1.29, 1.82) is 5.26 Å². The van der Waals surface area contributed by atoms with Crippen LogP contribution in [0.15, 0.2) is 18.2 Å². The second-order valence-corrected chi connectivity index (χ2v) is 11.6. The number of carbonyl (C=O) groups excluding carboxylic acids is 1. The van der Waals surface area contributed by atoms with Gasteiger partial charge in [0, 0.05) is 30.2 Å². The molecule has 0 saturated carbocycles. The minimum atomic E-state index is -1.64. The number of aliphatic hydroxyl groups is 1. The molecule has 150 valence electrons. The molecular weight excluding hydrogens is 374 g/mol. The van der Waals surface area contributed by atoms with Gasteiger partial charge in [0.05, 0.1) is 0 Å². The SMILES string of the molecule is CC(C(C)(C)OC(=O)N1C[C@@H](c2cc(F)cc(F)c2)CC1O)S(C)(C)C#N. The molecule has 0 bridgehead atoms. The third-order valence-electron chi connectivity index (χ3n) is 5.31. The maximum Gasteiger partial charge on any atom is 0.412 e. The van der Waals surface area contributed by atoms with E-state index < -0.39 is 39.6 Å². The zero-order chi connectivity index (χ0) is 20.6. The normalized spacial score (nSPS) is 22.3. The number of amides is 1. The Morgan fingerprint density at radius 1 is 1.37 bits per heavy atom. The quantitative estimate of drug-likeness (QED) is 0.778. The number of ether oxygens (including phenoxy) is 1. The number of hydrogen-bond acceptors (Lipinski definition) is 4. The summed E-state index contributed by atoms with van der Waals surface area (Å²) in [5.74, 6) is -1.78. The van der Waals surface area contributed by atoms with Gasteiger partial charge in [-0.3, -0.25) is 4.90 Å². The van der Waals surface area contributed by atoms with Gasteiger partial charge in [-0.15, -0.1) is 0 Å². The van der Waals surface area contributed by atoms with Crippen LogP contribution in [0.3, 0.4) is 0 Å². The van der Waals surface area contributed by atoms with E-state index in [-0.39, 0.29) is 24.1 Å². The zero-order valence-electron chi connectivity index (χ0n) is 16.2. The number of rotatable bonds is 4. The van der Waals surface area contributed by atoms with Crippen molar-refractivity contribution in [3.8, 4) is 5.40 Å². The van der Waals surface area contributed by atoms with E-state index in [1.807, 2.05) is 19.4 Å². The van der Waals surface area contributed by atoms with Crippen molar-refractivity contribution in [3.05, 3.63) is 35.4 Å². The van der Waals surface area contributed by atoms with Gasteiger partial charge in [0.1, 0.15) is 28.9 Å². The lowest BCUT2D eigenvalue weighted by Gasteiger charge is -2.41. The Bertz CT molecular complexity index is 744. The molecule has 0 spiro atoms. The van der Waals surface area contributed by atoms with Crippen LogP contribution in [-0.2, 0) is 4.74 Å². The Morgan fingerprint density at radius 2 is 1.93 bits per heavy atom. The molecule has 1 fully saturated rings. The summed E-state index contributed by atoms with van der Waals surface area (Å²) in [6.07, 6.45) is 2.07. The minimum Gasteiger partial charge on any atom is -0.442 e. The fourth-order valence-corrected chi connectivity index (χ4v) is 4.84. The Balaban J connectivity index is 2.12. The maximum atomic E-state index is 13.5. The highest BCUT2D eigenvalue weighted by molar-refractivity contribution is 8.36. The van der Waals surface area contributed by atoms with Gasteiger partial charge in [-0.25, -0.2) is 13.6 Å². The van der Waals surface area contributed by atoms with Gasteiger partial charge in [0.25, 0.3) is 0 Å². The molecule has 5 nitrogen and oxygen atoms in total. The highest BCUT2D eigenvalue weighted by Crippen LogP contribution is 2.49. The van der Waals surface area contributed by atoms with Crippen molar-refractivity contribution in [3.63, 3.8) is 0 Å². The van der Waals surface area contributed by atoms with E-state index in [1.165, 1.54) is 12.1 Å². The molecule has 1 N–H and O–H groups in total. The van der Waals surface area contributed by atoms with Gasteiger partial charge < -0.3 is 9.84 Å². The molecule has 8 heteroatoms. The largest absolute Gasteiger partial charge is 0.442 e. The van der Waals surface area contributed by atoms with Gasteiger partial charge >= 0.3 is 6.09 Å². The monoisotopic (exact) mass is 400 g/mol. The van der Waals surface area contributed by atoms with E-state index in [2.05, 4.69) is 5.40 Å². The predicted octanol–water partition coefficient (Wildman–Crippen LogP) is 3.92. The first kappa shape index (κ1) is 21.5. The number of aliphatic hydroxyl groups excluding tert-OH is 1. The number of benzene rings is 1. The fraction of sp³-hybridized carbons (Fsp3) is 0.579. The van der Waals surface area contributed by atoms with Gasteiger partial charge in [-0.05, 0) is 44.1 Å². The summed E-state index contributed by atoms with van der Waals surface area (Å²) >= 11 is 0. The van der Waals surface area contributed by atoms with Crippen LogP contribution >= 0.6 is 10.0 Å². The Morgan fingerprint density at radius 3 is 2.44 bits per heavy atom. The van der Waals surface area contributed by atoms with Crippen molar-refractivity contribution >= 4 is 16.1 Å². The van der Waals surface area contributed by atoms with Gasteiger partial charge in [-0.2, -0.15) is 15.3 Å². The number of likely N-dealkylation sites (tertiary alicyclic amines) is 1. The van der Waals surface area contributed by atoms with Crippen LogP contribution in [0.25, 0.3) is 0 Å². The second-order valence-electron chi connectivity index (χ2n) is 7.88. The molecule has 1 aromatic rings. The first-order valence-electron chi connectivity index (χ1n) is 8.64. The predicted molar refractivity (Wildman–Crippen MR) is 102 cm³/mol. The molecule has 1 aliphatic heterocycles. The van der Waals surface area contributed by atoms with Crippen molar-refractivity contribution in [2.75, 3.05) is 19.1 Å². The third-order valence-corrected chi connectivity index (χ3v) is 8.12. The maximum absolute atomic E-state index is 13.5. The molecule has 0 radical (unpaired) electrons. The fourth-order valence-electron chi connectivity index (χ4n) is 3.22. The zero-order valence-corrected chi connectivity index (χ0v) is 17.0. The third kappa shape index (κ3) is 4.71. The number of nitriles is 1. The first-order chi connectivity index (χ1) is 12.4. The van der Waals surface area contributed by atoms with Gasteiger partial charge in [0.15, 0.2) is 0 Å². The number of hydrogen-bond donors (Lipinski definition) is 1. The van der Waals surface area contributed by atoms with Crippen LogP contribution in [0.4, 0.5) is 13.6 Å². The summed E-state index contributed by atoms with van der Waals surface area (Å²) in [7, 11) is -1.64. The molecule has 1 aromatic carbocycles. The molecule has 1 amide bonds. The number of nitrogens with zero attached hydrogens (tertiary/aromatic N) is 2. The molecule has 2 rings (SSSR count). The number of thiocyanates is 1. The molecule has 3 atom stereocenters. The molecular formula is C19H26F2N2O3S. The Labute approximate surface area is 160 Å². The number of carbonyl (C=O) groups is 1. The lowest BCUT2D eigenvalue weighted by Crippen LogP contribution is -2.46. The van der Waals surface area contributed by atoms with E-state index in [9.17, 15) is 23.9 Å². The molecule has 1 heterocycles. The highest BCUT2D eigenvalue weighted by atomic mass is 32.3. The molecule has 2 unspecified atom stereocenters. The van der Waals surface area contributed by atoms with Crippen LogP contribution in [-0.4, -0.2) is 52.2 Å². The van der Waals surface area contributed by atoms with Crippen LogP contribution < -0.4 is 0 Å². The summed E-state index contributed by atoms with van der Waals surface area (Å²) in [6.45, 7) is 5.44. The summed E-state index contributed by atoms with van der Waals surface area (Å²) in [4.78, 5) is 13.8. The lowest BCUT2D eigenvalue weighted by molar-refractivity contribution is -0.0191. The molecule has 1 aliphatic rings. The highest BCUT2D eigenvalue weighted by Gasteiger charge is 2.42. The standard InChI is InChI=1S/C19H26F2N2O3S/c1-12(27(4,5)11-22)19(2,3)26-18(25)23-10-14(8-17(23)24)13-6-15(20)9-16(21)7-13/h6-7,9,12,14,17,24H,8,10H2,1-5H3/t12?,14-,17?/m0/s1. The van der Waals surface area contributed by atoms with Crippen molar-refractivity contribution in [2.24, 2.45) is 0 Å². The van der Waals surface area contributed by atoms with Crippen LogP contribution in [0.2, 0.25) is 0 Å². The number of halogens is 2. The summed E-state index contributed by atoms with van der Waals surface area (Å²) in [6, 6.07) is 3.20. The molecule has 0 aromatic heterocycles. The average Bonchev–Trinajstić information content (AvgIpc) is 2.95. The average molecular weight is 400 g/mol. The molecule has 27 heavy (non-hydrogen) atoms. The van der Waals surface area contributed by atoms with Gasteiger partial charge in [0.2, 0.25) is 0 Å². The Hall–Kier alpha value is -1.85. The molecule has 0 aliphatic carbocycles. The smallest absolute Gasteiger partial charge is 0.412 e. The van der Waals surface area contributed by atoms with Crippen LogP contribution in [0, 0.1) is 22.3 Å². The van der Waals surface area contributed by atoms with Crippen LogP contribution in [0.1, 0.15) is 38.7 Å². The summed E-state index contributed by atoms with van der Waals surface area (Å²) < 4.78 is 32.5. The van der Waals surface area contributed by atoms with Crippen LogP contribution in [0.5, 0.6) is 0 Å².